The molecule has 27 heavy (non-hydrogen) atoms. The van der Waals surface area contributed by atoms with Crippen molar-refractivity contribution in [3.63, 3.8) is 0 Å². The van der Waals surface area contributed by atoms with Gasteiger partial charge in [0.05, 0.1) is 0 Å². The second kappa shape index (κ2) is 5.82. The molecule has 0 amide bonds. The molecule has 0 nitrogen and oxygen atoms in total. The molecule has 0 fully saturated rings. The van der Waals surface area contributed by atoms with Gasteiger partial charge < -0.3 is 0 Å². The third-order valence-electron chi connectivity index (χ3n) is 5.53. The fourth-order valence-electron chi connectivity index (χ4n) is 4.30. The first-order chi connectivity index (χ1) is 13.4. The van der Waals surface area contributed by atoms with Crippen molar-refractivity contribution in [2.45, 2.75) is 0 Å². The molecule has 0 radical (unpaired) electrons. The van der Waals surface area contributed by atoms with Crippen LogP contribution in [0.25, 0.3) is 53.1 Å². The third kappa shape index (κ3) is 2.23. The zero-order chi connectivity index (χ0) is 17.8. The molecule has 0 N–H and O–H groups in total. The molecule has 0 aliphatic rings. The monoisotopic (exact) mass is 408 g/mol. The van der Waals surface area contributed by atoms with Gasteiger partial charge in [-0.3, -0.25) is 0 Å². The van der Waals surface area contributed by atoms with Gasteiger partial charge in [0, 0.05) is 0 Å². The normalized spacial score (nSPS) is 11.7. The second-order valence-electron chi connectivity index (χ2n) is 7.00. The van der Waals surface area contributed by atoms with Crippen molar-refractivity contribution in [2.24, 2.45) is 0 Å². The van der Waals surface area contributed by atoms with Crippen LogP contribution in [0.3, 0.4) is 0 Å². The second-order valence-corrected chi connectivity index (χ2v) is 8.92. The van der Waals surface area contributed by atoms with E-state index in [0.29, 0.717) is 14.5 Å². The number of benzene rings is 5. The van der Waals surface area contributed by atoms with Crippen molar-refractivity contribution in [3.05, 3.63) is 95.9 Å². The van der Waals surface area contributed by atoms with Crippen LogP contribution in [0.2, 0.25) is 0 Å². The van der Waals surface area contributed by atoms with Crippen molar-refractivity contribution >= 4 is 56.5 Å². The van der Waals surface area contributed by atoms with E-state index >= 15 is 0 Å². The molecule has 0 aliphatic carbocycles. The first-order valence-corrected chi connectivity index (χ1v) is 11.0. The molecule has 5 aromatic carbocycles. The minimum absolute atomic E-state index is 0.437. The Bertz CT molecular complexity index is 1430. The van der Waals surface area contributed by atoms with E-state index in [-0.39, 0.29) is 0 Å². The summed E-state index contributed by atoms with van der Waals surface area (Å²) in [7, 11) is 0. The Morgan fingerprint density at radius 2 is 1.11 bits per heavy atom. The average Bonchev–Trinajstić information content (AvgIpc) is 3.23. The van der Waals surface area contributed by atoms with Gasteiger partial charge in [-0.1, -0.05) is 0 Å². The van der Waals surface area contributed by atoms with Crippen molar-refractivity contribution in [3.8, 4) is 11.1 Å². The molecular weight excluding hydrogens is 391 g/mol. The SMILES string of the molecule is c1cc(-c2ccc3c4ccccc4c4ccccc4c3c2)c2[se]ccc2c1. The minimum atomic E-state index is 0.437. The van der Waals surface area contributed by atoms with Gasteiger partial charge in [-0.15, -0.1) is 0 Å². The molecule has 0 saturated carbocycles. The molecule has 0 unspecified atom stereocenters. The molecule has 0 saturated heterocycles. The predicted octanol–water partition coefficient (Wildman–Crippen LogP) is 7.02. The summed E-state index contributed by atoms with van der Waals surface area (Å²) in [6.45, 7) is 0. The van der Waals surface area contributed by atoms with Gasteiger partial charge in [0.2, 0.25) is 0 Å². The van der Waals surface area contributed by atoms with Gasteiger partial charge in [0.15, 0.2) is 0 Å². The molecule has 0 spiro atoms. The zero-order valence-electron chi connectivity index (χ0n) is 14.6. The Morgan fingerprint density at radius 3 is 1.81 bits per heavy atom. The Labute approximate surface area is 163 Å². The van der Waals surface area contributed by atoms with E-state index in [2.05, 4.69) is 95.9 Å². The topological polar surface area (TPSA) is 0 Å². The molecule has 6 aromatic rings. The van der Waals surface area contributed by atoms with Crippen LogP contribution in [-0.4, -0.2) is 14.5 Å². The molecule has 6 rings (SSSR count). The van der Waals surface area contributed by atoms with Gasteiger partial charge in [0.1, 0.15) is 0 Å². The summed E-state index contributed by atoms with van der Waals surface area (Å²) in [5.41, 5.74) is 2.71. The summed E-state index contributed by atoms with van der Waals surface area (Å²) in [6, 6.07) is 33.5. The van der Waals surface area contributed by atoms with Crippen LogP contribution in [0.5, 0.6) is 0 Å². The number of fused-ring (bicyclic) bond motifs is 7. The van der Waals surface area contributed by atoms with Crippen LogP contribution in [0, 0.1) is 0 Å². The fourth-order valence-corrected chi connectivity index (χ4v) is 6.26. The van der Waals surface area contributed by atoms with E-state index in [0.717, 1.165) is 0 Å². The maximum absolute atomic E-state index is 2.40. The Morgan fingerprint density at radius 1 is 0.481 bits per heavy atom. The van der Waals surface area contributed by atoms with Crippen LogP contribution in [-0.2, 0) is 0 Å². The molecule has 0 aliphatic heterocycles. The first-order valence-electron chi connectivity index (χ1n) is 9.20. The van der Waals surface area contributed by atoms with E-state index in [9.17, 15) is 0 Å². The molecule has 126 valence electrons. The summed E-state index contributed by atoms with van der Waals surface area (Å²) in [4.78, 5) is 2.32. The van der Waals surface area contributed by atoms with Crippen molar-refractivity contribution < 1.29 is 0 Å². The number of rotatable bonds is 1. The molecule has 0 atom stereocenters. The third-order valence-corrected chi connectivity index (χ3v) is 7.56. The van der Waals surface area contributed by atoms with Crippen LogP contribution in [0.4, 0.5) is 0 Å². The summed E-state index contributed by atoms with van der Waals surface area (Å²) >= 11 is 0.437. The van der Waals surface area contributed by atoms with Gasteiger partial charge in [-0.25, -0.2) is 0 Å². The van der Waals surface area contributed by atoms with E-state index in [4.69, 9.17) is 0 Å². The molecule has 1 heterocycles. The van der Waals surface area contributed by atoms with Crippen molar-refractivity contribution in [1.82, 2.24) is 0 Å². The van der Waals surface area contributed by atoms with Crippen LogP contribution in [0.15, 0.2) is 95.9 Å². The first kappa shape index (κ1) is 15.2. The van der Waals surface area contributed by atoms with Gasteiger partial charge in [-0.2, -0.15) is 0 Å². The quantitative estimate of drug-likeness (QED) is 0.203. The van der Waals surface area contributed by atoms with Crippen molar-refractivity contribution in [1.29, 1.82) is 0 Å². The summed E-state index contributed by atoms with van der Waals surface area (Å²) in [6.07, 6.45) is 0. The van der Waals surface area contributed by atoms with E-state index in [1.165, 1.54) is 53.1 Å². The number of hydrogen-bond acceptors (Lipinski definition) is 0. The van der Waals surface area contributed by atoms with Crippen LogP contribution in [0.1, 0.15) is 0 Å². The van der Waals surface area contributed by atoms with Crippen LogP contribution < -0.4 is 0 Å². The van der Waals surface area contributed by atoms with E-state index < -0.39 is 0 Å². The maximum atomic E-state index is 2.40. The number of hydrogen-bond donors (Lipinski definition) is 0. The van der Waals surface area contributed by atoms with E-state index in [1.807, 2.05) is 0 Å². The van der Waals surface area contributed by atoms with Crippen LogP contribution >= 0.6 is 0 Å². The molecule has 1 heteroatoms. The molecular formula is C26H16Se. The Kier molecular flexibility index (Phi) is 3.28. The van der Waals surface area contributed by atoms with Gasteiger partial charge in [0.25, 0.3) is 0 Å². The predicted molar refractivity (Wildman–Crippen MR) is 119 cm³/mol. The average molecular weight is 407 g/mol. The summed E-state index contributed by atoms with van der Waals surface area (Å²) in [5, 5.41) is 9.41. The standard InChI is InChI=1S/C26H16Se/c1-2-9-22-20(7-1)21-8-3-4-10-23(21)25-16-18(12-13-24(22)25)19-11-5-6-17-14-15-27-26(17)19/h1-16H. The Hall–Kier alpha value is -2.86. The summed E-state index contributed by atoms with van der Waals surface area (Å²) in [5.74, 6) is 0. The molecule has 0 bridgehead atoms. The summed E-state index contributed by atoms with van der Waals surface area (Å²) < 4.78 is 1.51. The zero-order valence-corrected chi connectivity index (χ0v) is 16.4. The van der Waals surface area contributed by atoms with E-state index in [1.54, 1.807) is 0 Å². The Balaban J connectivity index is 1.77. The van der Waals surface area contributed by atoms with Gasteiger partial charge in [-0.05, 0) is 0 Å². The van der Waals surface area contributed by atoms with Crippen molar-refractivity contribution in [2.75, 3.05) is 0 Å². The fraction of sp³-hybridized carbons (Fsp3) is 0. The van der Waals surface area contributed by atoms with Gasteiger partial charge >= 0.3 is 164 Å². The molecule has 1 aromatic heterocycles.